The predicted molar refractivity (Wildman–Crippen MR) is 159 cm³/mol. The van der Waals surface area contributed by atoms with Crippen LogP contribution in [0, 0.1) is 13.8 Å². The average molecular weight is 579 g/mol. The Bertz CT molecular complexity index is 1940. The second kappa shape index (κ2) is 10.8. The maximum Gasteiger partial charge on any atom is 0.232 e. The topological polar surface area (TPSA) is 179 Å². The van der Waals surface area contributed by atoms with Crippen molar-refractivity contribution in [1.82, 2.24) is 0 Å². The average Bonchev–Trinajstić information content (AvgIpc) is 2.92. The van der Waals surface area contributed by atoms with E-state index in [1.54, 1.807) is 27.7 Å². The number of hydrogen-bond acceptors (Lipinski definition) is 10. The highest BCUT2D eigenvalue weighted by Crippen LogP contribution is 2.53. The van der Waals surface area contributed by atoms with Crippen LogP contribution in [0.2, 0.25) is 0 Å². The SMILES string of the molecule is COCc1c2c(=O)c(-c3c(C)c(O)c4c(C(C)C)c(O)c(O)c(CCO)c4c3O)c(C)c(=O)c-2c(C(C)C)c(=O)c1=O. The molecule has 10 heteroatoms. The fourth-order valence-electron chi connectivity index (χ4n) is 6.12. The normalized spacial score (nSPS) is 12.0. The van der Waals surface area contributed by atoms with Gasteiger partial charge in [-0.2, -0.15) is 0 Å². The maximum absolute atomic E-state index is 14.3. The molecule has 0 amide bonds. The Hall–Kier alpha value is -4.28. The van der Waals surface area contributed by atoms with E-state index in [1.807, 2.05) is 0 Å². The summed E-state index contributed by atoms with van der Waals surface area (Å²) in [7, 11) is 1.28. The van der Waals surface area contributed by atoms with Gasteiger partial charge in [0.05, 0.1) is 6.61 Å². The van der Waals surface area contributed by atoms with Crippen LogP contribution in [0.1, 0.15) is 72.9 Å². The summed E-state index contributed by atoms with van der Waals surface area (Å²) in [4.78, 5) is 54.5. The summed E-state index contributed by atoms with van der Waals surface area (Å²) in [5.41, 5.74) is -4.76. The van der Waals surface area contributed by atoms with Gasteiger partial charge in [-0.3, -0.25) is 19.2 Å². The largest absolute Gasteiger partial charge is 0.507 e. The molecule has 0 aliphatic heterocycles. The number of hydrogen-bond donors (Lipinski definition) is 5. The van der Waals surface area contributed by atoms with Crippen molar-refractivity contribution >= 4 is 10.8 Å². The molecule has 222 valence electrons. The smallest absolute Gasteiger partial charge is 0.232 e. The minimum Gasteiger partial charge on any atom is -0.507 e. The van der Waals surface area contributed by atoms with Gasteiger partial charge in [0, 0.05) is 86.5 Å². The molecular formula is C32H34O10. The molecule has 0 heterocycles. The van der Waals surface area contributed by atoms with E-state index in [0.29, 0.717) is 0 Å². The van der Waals surface area contributed by atoms with Crippen LogP contribution in [0.15, 0.2) is 19.2 Å². The van der Waals surface area contributed by atoms with Crippen molar-refractivity contribution in [3.05, 3.63) is 74.3 Å². The molecule has 0 fully saturated rings. The minimum atomic E-state index is -0.964. The van der Waals surface area contributed by atoms with Crippen molar-refractivity contribution in [1.29, 1.82) is 0 Å². The molecule has 2 aromatic rings. The number of phenolic OH excluding ortho intramolecular Hbond substituents is 4. The molecular weight excluding hydrogens is 544 g/mol. The van der Waals surface area contributed by atoms with E-state index in [1.165, 1.54) is 21.0 Å². The van der Waals surface area contributed by atoms with Crippen LogP contribution in [0.25, 0.3) is 33.0 Å². The molecule has 2 aliphatic rings. The van der Waals surface area contributed by atoms with Gasteiger partial charge in [-0.05, 0) is 25.7 Å². The number of aliphatic hydroxyl groups is 1. The highest BCUT2D eigenvalue weighted by molar-refractivity contribution is 6.07. The van der Waals surface area contributed by atoms with Crippen molar-refractivity contribution < 1.29 is 30.3 Å². The first-order valence-corrected chi connectivity index (χ1v) is 13.6. The molecule has 10 nitrogen and oxygen atoms in total. The molecule has 0 aromatic heterocycles. The van der Waals surface area contributed by atoms with E-state index in [-0.39, 0.29) is 72.8 Å². The highest BCUT2D eigenvalue weighted by Gasteiger charge is 2.34. The van der Waals surface area contributed by atoms with Gasteiger partial charge in [0.25, 0.3) is 0 Å². The molecule has 0 saturated heterocycles. The van der Waals surface area contributed by atoms with E-state index in [2.05, 4.69) is 0 Å². The second-order valence-electron chi connectivity index (χ2n) is 11.2. The third-order valence-electron chi connectivity index (χ3n) is 8.03. The van der Waals surface area contributed by atoms with E-state index in [4.69, 9.17) is 4.74 Å². The van der Waals surface area contributed by atoms with Crippen LogP contribution in [0.4, 0.5) is 0 Å². The zero-order valence-corrected chi connectivity index (χ0v) is 24.6. The van der Waals surface area contributed by atoms with Crippen molar-refractivity contribution in [3.63, 3.8) is 0 Å². The molecule has 4 rings (SSSR count). The first-order valence-electron chi connectivity index (χ1n) is 13.6. The summed E-state index contributed by atoms with van der Waals surface area (Å²) in [6, 6.07) is 0. The number of aliphatic hydroxyl groups excluding tert-OH is 1. The molecule has 0 saturated carbocycles. The summed E-state index contributed by atoms with van der Waals surface area (Å²) < 4.78 is 5.13. The van der Waals surface area contributed by atoms with Crippen LogP contribution in [-0.4, -0.2) is 39.2 Å². The zero-order chi connectivity index (χ0) is 31.5. The lowest BCUT2D eigenvalue weighted by Gasteiger charge is -2.24. The summed E-state index contributed by atoms with van der Waals surface area (Å²) in [5.74, 6) is -3.10. The molecule has 0 unspecified atom stereocenters. The summed E-state index contributed by atoms with van der Waals surface area (Å²) in [6.45, 7) is 8.56. The number of aromatic hydroxyl groups is 4. The van der Waals surface area contributed by atoms with Crippen molar-refractivity contribution in [2.45, 2.75) is 66.4 Å². The van der Waals surface area contributed by atoms with E-state index in [9.17, 15) is 44.7 Å². The minimum absolute atomic E-state index is 0.000977. The lowest BCUT2D eigenvalue weighted by Crippen LogP contribution is -2.38. The third-order valence-corrected chi connectivity index (χ3v) is 8.03. The van der Waals surface area contributed by atoms with Crippen molar-refractivity contribution in [2.24, 2.45) is 0 Å². The van der Waals surface area contributed by atoms with Crippen LogP contribution in [-0.2, 0) is 17.8 Å². The Labute approximate surface area is 240 Å². The Balaban J connectivity index is 2.38. The molecule has 2 aliphatic carbocycles. The second-order valence-corrected chi connectivity index (χ2v) is 11.2. The molecule has 2 aromatic carbocycles. The number of phenols is 4. The molecule has 0 atom stereocenters. The monoisotopic (exact) mass is 578 g/mol. The molecule has 0 spiro atoms. The standard InChI is InChI=1S/C32H34O10/c1-11(2)17-23-21(15(8-9-33)27(36)31(17)40)29(38)19(13(5)25(23)34)20-14(6)26(35)24-18(12(3)4)32(41)28(37)16(10-42-7)22(24)30(20)39/h11-12,33-34,36,38,40H,8-10H2,1-7H3. The van der Waals surface area contributed by atoms with Gasteiger partial charge >= 0.3 is 0 Å². The number of rotatable bonds is 7. The van der Waals surface area contributed by atoms with E-state index < -0.39 is 69.8 Å². The Morgan fingerprint density at radius 1 is 0.595 bits per heavy atom. The zero-order valence-electron chi connectivity index (χ0n) is 24.6. The van der Waals surface area contributed by atoms with Crippen LogP contribution >= 0.6 is 0 Å². The first kappa shape index (κ1) is 30.7. The van der Waals surface area contributed by atoms with Gasteiger partial charge in [-0.15, -0.1) is 0 Å². The molecule has 5 N–H and O–H groups in total. The van der Waals surface area contributed by atoms with Crippen molar-refractivity contribution in [3.8, 4) is 45.3 Å². The van der Waals surface area contributed by atoms with Gasteiger partial charge in [0.1, 0.15) is 11.5 Å². The van der Waals surface area contributed by atoms with Gasteiger partial charge in [0.2, 0.25) is 10.9 Å². The summed E-state index contributed by atoms with van der Waals surface area (Å²) in [6.07, 6.45) is -0.223. The van der Waals surface area contributed by atoms with Gasteiger partial charge < -0.3 is 30.3 Å². The van der Waals surface area contributed by atoms with Crippen molar-refractivity contribution in [2.75, 3.05) is 13.7 Å². The van der Waals surface area contributed by atoms with Gasteiger partial charge in [0.15, 0.2) is 22.4 Å². The Morgan fingerprint density at radius 3 is 1.71 bits per heavy atom. The Kier molecular flexibility index (Phi) is 7.92. The Morgan fingerprint density at radius 2 is 1.19 bits per heavy atom. The van der Waals surface area contributed by atoms with Crippen LogP contribution < -0.4 is 21.7 Å². The quantitative estimate of drug-likeness (QED) is 0.124. The van der Waals surface area contributed by atoms with Crippen LogP contribution in [0.5, 0.6) is 23.0 Å². The van der Waals surface area contributed by atoms with E-state index in [0.717, 1.165) is 0 Å². The number of methoxy groups -OCH3 is 1. The third kappa shape index (κ3) is 4.16. The first-order chi connectivity index (χ1) is 19.6. The molecule has 42 heavy (non-hydrogen) atoms. The maximum atomic E-state index is 14.3. The lowest BCUT2D eigenvalue weighted by atomic mass is 9.80. The summed E-state index contributed by atoms with van der Waals surface area (Å²) >= 11 is 0. The van der Waals surface area contributed by atoms with Gasteiger partial charge in [-0.1, -0.05) is 27.7 Å². The fraction of sp³-hybridized carbons (Fsp3) is 0.375. The lowest BCUT2D eigenvalue weighted by molar-refractivity contribution is 0.184. The summed E-state index contributed by atoms with van der Waals surface area (Å²) in [5, 5.41) is 54.7. The van der Waals surface area contributed by atoms with E-state index >= 15 is 0 Å². The fourth-order valence-corrected chi connectivity index (χ4v) is 6.12. The predicted octanol–water partition coefficient (Wildman–Crippen LogP) is 3.30. The molecule has 0 radical (unpaired) electrons. The number of benzene rings is 4. The number of fused-ring (bicyclic) bond motifs is 2. The van der Waals surface area contributed by atoms with Gasteiger partial charge in [-0.25, -0.2) is 0 Å². The highest BCUT2D eigenvalue weighted by atomic mass is 16.5. The molecule has 0 bridgehead atoms. The number of ether oxygens (including phenoxy) is 1. The van der Waals surface area contributed by atoms with Crippen LogP contribution in [0.3, 0.4) is 0 Å².